The average Bonchev–Trinajstić information content (AvgIpc) is 2.59. The van der Waals surface area contributed by atoms with Crippen molar-refractivity contribution >= 4 is 17.6 Å². The highest BCUT2D eigenvalue weighted by atomic mass is 16.6. The molecule has 136 valence electrons. The molecule has 1 aromatic rings. The molecule has 0 bridgehead atoms. The number of likely N-dealkylation sites (tertiary alicyclic amines) is 1. The number of urea groups is 1. The Bertz CT molecular complexity index is 639. The van der Waals surface area contributed by atoms with Gasteiger partial charge in [-0.3, -0.25) is 14.9 Å². The number of amides is 3. The second-order valence-electron chi connectivity index (χ2n) is 6.47. The molecule has 1 heterocycles. The number of nitro groups is 1. The van der Waals surface area contributed by atoms with Gasteiger partial charge in [0.1, 0.15) is 0 Å². The molecule has 1 aliphatic heterocycles. The van der Waals surface area contributed by atoms with E-state index in [4.69, 9.17) is 0 Å². The number of benzene rings is 1. The van der Waals surface area contributed by atoms with Crippen molar-refractivity contribution in [2.24, 2.45) is 5.92 Å². The van der Waals surface area contributed by atoms with Crippen molar-refractivity contribution < 1.29 is 14.5 Å². The van der Waals surface area contributed by atoms with E-state index in [9.17, 15) is 19.7 Å². The minimum Gasteiger partial charge on any atom is -0.352 e. The number of carbonyl (C=O) groups is 2. The lowest BCUT2D eigenvalue weighted by atomic mass is 9.96. The third-order valence-electron chi connectivity index (χ3n) is 4.21. The predicted octanol–water partition coefficient (Wildman–Crippen LogP) is 2.04. The Labute approximate surface area is 146 Å². The first-order valence-electron chi connectivity index (χ1n) is 8.44. The number of carbonyl (C=O) groups excluding carboxylic acids is 2. The molecule has 8 nitrogen and oxygen atoms in total. The van der Waals surface area contributed by atoms with Crippen molar-refractivity contribution in [1.29, 1.82) is 0 Å². The number of nitrogens with one attached hydrogen (secondary N) is 2. The Morgan fingerprint density at radius 1 is 1.28 bits per heavy atom. The Hall–Kier alpha value is -2.64. The number of piperidine rings is 1. The molecule has 1 aliphatic rings. The van der Waals surface area contributed by atoms with Crippen LogP contribution in [-0.2, 0) is 11.3 Å². The van der Waals surface area contributed by atoms with Crippen LogP contribution in [0.4, 0.5) is 10.5 Å². The molecule has 0 saturated carbocycles. The third kappa shape index (κ3) is 5.17. The summed E-state index contributed by atoms with van der Waals surface area (Å²) in [6.45, 7) is 5.00. The Balaban J connectivity index is 1.83. The summed E-state index contributed by atoms with van der Waals surface area (Å²) in [4.78, 5) is 36.5. The van der Waals surface area contributed by atoms with Crippen molar-refractivity contribution in [1.82, 2.24) is 15.5 Å². The van der Waals surface area contributed by atoms with E-state index in [0.717, 1.165) is 0 Å². The van der Waals surface area contributed by atoms with Crippen LogP contribution in [0.2, 0.25) is 0 Å². The van der Waals surface area contributed by atoms with Gasteiger partial charge >= 0.3 is 6.03 Å². The smallest absolute Gasteiger partial charge is 0.317 e. The van der Waals surface area contributed by atoms with Crippen molar-refractivity contribution in [3.63, 3.8) is 0 Å². The number of hydrogen-bond donors (Lipinski definition) is 2. The zero-order valence-corrected chi connectivity index (χ0v) is 14.5. The fraction of sp³-hybridized carbons (Fsp3) is 0.529. The summed E-state index contributed by atoms with van der Waals surface area (Å²) >= 11 is 0. The Kier molecular flexibility index (Phi) is 6.32. The van der Waals surface area contributed by atoms with Gasteiger partial charge in [0.05, 0.1) is 4.92 Å². The highest BCUT2D eigenvalue weighted by Crippen LogP contribution is 2.20. The molecule has 0 atom stereocenters. The molecule has 0 unspecified atom stereocenters. The molecule has 0 radical (unpaired) electrons. The van der Waals surface area contributed by atoms with E-state index in [1.807, 2.05) is 13.8 Å². The van der Waals surface area contributed by atoms with Gasteiger partial charge in [-0.2, -0.15) is 0 Å². The van der Waals surface area contributed by atoms with Crippen LogP contribution in [0.5, 0.6) is 0 Å². The van der Waals surface area contributed by atoms with Gasteiger partial charge in [-0.1, -0.05) is 18.2 Å². The first kappa shape index (κ1) is 18.7. The molecule has 0 aromatic heterocycles. The number of nitro benzene ring substituents is 1. The van der Waals surface area contributed by atoms with Gasteiger partial charge in [0.15, 0.2) is 0 Å². The van der Waals surface area contributed by atoms with Gasteiger partial charge in [0, 0.05) is 43.2 Å². The molecular formula is C17H24N4O4. The average molecular weight is 348 g/mol. The zero-order valence-electron chi connectivity index (χ0n) is 14.5. The van der Waals surface area contributed by atoms with Gasteiger partial charge in [-0.05, 0) is 26.7 Å². The summed E-state index contributed by atoms with van der Waals surface area (Å²) in [6.07, 6.45) is 1.18. The molecule has 8 heteroatoms. The molecule has 25 heavy (non-hydrogen) atoms. The van der Waals surface area contributed by atoms with Crippen LogP contribution in [0, 0.1) is 16.0 Å². The summed E-state index contributed by atoms with van der Waals surface area (Å²) in [5.74, 6) is -0.298. The first-order chi connectivity index (χ1) is 11.9. The lowest BCUT2D eigenvalue weighted by molar-refractivity contribution is -0.385. The summed E-state index contributed by atoms with van der Waals surface area (Å²) < 4.78 is 0. The molecule has 2 rings (SSSR count). The molecule has 1 fully saturated rings. The van der Waals surface area contributed by atoms with Crippen molar-refractivity contribution in [2.75, 3.05) is 13.1 Å². The summed E-state index contributed by atoms with van der Waals surface area (Å²) in [5.41, 5.74) is 0.484. The van der Waals surface area contributed by atoms with Crippen LogP contribution >= 0.6 is 0 Å². The van der Waals surface area contributed by atoms with Crippen molar-refractivity contribution in [3.8, 4) is 0 Å². The fourth-order valence-corrected chi connectivity index (χ4v) is 2.85. The van der Waals surface area contributed by atoms with Gasteiger partial charge in [-0.25, -0.2) is 4.79 Å². The summed E-state index contributed by atoms with van der Waals surface area (Å²) in [7, 11) is 0. The quantitative estimate of drug-likeness (QED) is 0.627. The van der Waals surface area contributed by atoms with Gasteiger partial charge < -0.3 is 15.5 Å². The minimum atomic E-state index is -0.451. The van der Waals surface area contributed by atoms with Crippen LogP contribution < -0.4 is 10.6 Å². The normalized spacial score (nSPS) is 15.1. The van der Waals surface area contributed by atoms with Crippen LogP contribution in [0.3, 0.4) is 0 Å². The molecule has 0 aliphatic carbocycles. The second-order valence-corrected chi connectivity index (χ2v) is 6.47. The number of nitrogens with zero attached hydrogens (tertiary/aromatic N) is 2. The third-order valence-corrected chi connectivity index (χ3v) is 4.21. The van der Waals surface area contributed by atoms with Crippen molar-refractivity contribution in [3.05, 3.63) is 39.9 Å². The first-order valence-corrected chi connectivity index (χ1v) is 8.44. The van der Waals surface area contributed by atoms with Gasteiger partial charge in [0.25, 0.3) is 5.69 Å². The number of rotatable bonds is 5. The maximum atomic E-state index is 12.3. The topological polar surface area (TPSA) is 105 Å². The Morgan fingerprint density at radius 3 is 2.52 bits per heavy atom. The lowest BCUT2D eigenvalue weighted by Gasteiger charge is -2.31. The highest BCUT2D eigenvalue weighted by molar-refractivity contribution is 5.79. The highest BCUT2D eigenvalue weighted by Gasteiger charge is 2.27. The van der Waals surface area contributed by atoms with E-state index < -0.39 is 4.92 Å². The Morgan fingerprint density at radius 2 is 1.92 bits per heavy atom. The van der Waals surface area contributed by atoms with E-state index >= 15 is 0 Å². The van der Waals surface area contributed by atoms with Gasteiger partial charge in [-0.15, -0.1) is 0 Å². The predicted molar refractivity (Wildman–Crippen MR) is 92.9 cm³/mol. The largest absolute Gasteiger partial charge is 0.352 e. The lowest BCUT2D eigenvalue weighted by Crippen LogP contribution is -2.48. The SMILES string of the molecule is CC(C)NC(=O)N1CCC(C(=O)NCc2ccccc2[N+](=O)[O-])CC1. The molecular weight excluding hydrogens is 324 g/mol. The van der Waals surface area contributed by atoms with Crippen molar-refractivity contribution in [2.45, 2.75) is 39.3 Å². The fourth-order valence-electron chi connectivity index (χ4n) is 2.85. The number of para-hydroxylation sites is 1. The zero-order chi connectivity index (χ0) is 18.4. The van der Waals surface area contributed by atoms with Gasteiger partial charge in [0.2, 0.25) is 5.91 Å². The number of hydrogen-bond acceptors (Lipinski definition) is 4. The van der Waals surface area contributed by atoms with Crippen LogP contribution in [-0.4, -0.2) is 40.9 Å². The standard InChI is InChI=1S/C17H24N4O4/c1-12(2)19-17(23)20-9-7-13(8-10-20)16(22)18-11-14-5-3-4-6-15(14)21(24)25/h3-6,12-13H,7-11H2,1-2H3,(H,18,22)(H,19,23). The van der Waals surface area contributed by atoms with E-state index in [2.05, 4.69) is 10.6 Å². The maximum Gasteiger partial charge on any atom is 0.317 e. The minimum absolute atomic E-state index is 0.00276. The van der Waals surface area contributed by atoms with E-state index in [0.29, 0.717) is 31.5 Å². The van der Waals surface area contributed by atoms with Crippen LogP contribution in [0.1, 0.15) is 32.3 Å². The van der Waals surface area contributed by atoms with E-state index in [-0.39, 0.29) is 36.1 Å². The van der Waals surface area contributed by atoms with E-state index in [1.54, 1.807) is 23.1 Å². The summed E-state index contributed by atoms with van der Waals surface area (Å²) in [6, 6.07) is 6.34. The second kappa shape index (κ2) is 8.46. The maximum absolute atomic E-state index is 12.3. The van der Waals surface area contributed by atoms with Crippen LogP contribution in [0.25, 0.3) is 0 Å². The summed E-state index contributed by atoms with van der Waals surface area (Å²) in [5, 5.41) is 16.6. The molecule has 1 saturated heterocycles. The van der Waals surface area contributed by atoms with Crippen LogP contribution in [0.15, 0.2) is 24.3 Å². The monoisotopic (exact) mass is 348 g/mol. The molecule has 0 spiro atoms. The molecule has 1 aromatic carbocycles. The molecule has 3 amide bonds. The van der Waals surface area contributed by atoms with E-state index in [1.165, 1.54) is 6.07 Å². The molecule has 2 N–H and O–H groups in total.